The molecule has 2 saturated heterocycles. The average molecular weight is 283 g/mol. The van der Waals surface area contributed by atoms with E-state index in [-0.39, 0.29) is 11.2 Å². The summed E-state index contributed by atoms with van der Waals surface area (Å²) in [4.78, 5) is 2.68. The fraction of sp³-hybridized carbons (Fsp3) is 1.00. The highest BCUT2D eigenvalue weighted by Gasteiger charge is 2.49. The predicted octanol–water partition coefficient (Wildman–Crippen LogP) is 3.61. The molecular formula is C17H33NO2. The lowest BCUT2D eigenvalue weighted by molar-refractivity contribution is -0.0706. The van der Waals surface area contributed by atoms with Crippen LogP contribution in [-0.4, -0.2) is 47.4 Å². The molecule has 2 heterocycles. The van der Waals surface area contributed by atoms with E-state index < -0.39 is 0 Å². The van der Waals surface area contributed by atoms with Crippen molar-refractivity contribution in [2.75, 3.05) is 19.8 Å². The first kappa shape index (κ1) is 16.3. The maximum Gasteiger partial charge on any atom is 0.0657 e. The normalized spacial score (nSPS) is 31.8. The number of nitrogens with zero attached hydrogens (tertiary/aromatic N) is 1. The second-order valence-corrected chi connectivity index (χ2v) is 8.54. The van der Waals surface area contributed by atoms with E-state index >= 15 is 0 Å². The molecule has 3 nitrogen and oxygen atoms in total. The van der Waals surface area contributed by atoms with Gasteiger partial charge in [-0.1, -0.05) is 0 Å². The Morgan fingerprint density at radius 1 is 1.00 bits per heavy atom. The van der Waals surface area contributed by atoms with Crippen molar-refractivity contribution in [3.63, 3.8) is 0 Å². The van der Waals surface area contributed by atoms with Gasteiger partial charge in [-0.25, -0.2) is 0 Å². The summed E-state index contributed by atoms with van der Waals surface area (Å²) < 4.78 is 12.2. The predicted molar refractivity (Wildman–Crippen MR) is 83.1 cm³/mol. The Hall–Kier alpha value is -0.120. The van der Waals surface area contributed by atoms with Crippen molar-refractivity contribution in [2.24, 2.45) is 0 Å². The summed E-state index contributed by atoms with van der Waals surface area (Å²) in [5.41, 5.74) is 0.217. The summed E-state index contributed by atoms with van der Waals surface area (Å²) in [5.74, 6) is 0. The molecule has 2 aliphatic heterocycles. The zero-order chi connectivity index (χ0) is 15.0. The van der Waals surface area contributed by atoms with Gasteiger partial charge in [0.05, 0.1) is 24.4 Å². The Morgan fingerprint density at radius 3 is 2.25 bits per heavy atom. The maximum atomic E-state index is 6.13. The van der Waals surface area contributed by atoms with E-state index in [4.69, 9.17) is 9.47 Å². The van der Waals surface area contributed by atoms with Crippen molar-refractivity contribution < 1.29 is 9.47 Å². The largest absolute Gasteiger partial charge is 0.374 e. The smallest absolute Gasteiger partial charge is 0.0657 e. The van der Waals surface area contributed by atoms with Crippen LogP contribution in [0.2, 0.25) is 0 Å². The minimum Gasteiger partial charge on any atom is -0.374 e. The Balaban J connectivity index is 1.94. The Labute approximate surface area is 125 Å². The molecule has 2 aliphatic rings. The lowest BCUT2D eigenvalue weighted by atomic mass is 9.95. The van der Waals surface area contributed by atoms with Gasteiger partial charge in [0, 0.05) is 11.6 Å². The van der Waals surface area contributed by atoms with Gasteiger partial charge in [-0.05, 0) is 73.8 Å². The van der Waals surface area contributed by atoms with Crippen molar-refractivity contribution in [3.05, 3.63) is 0 Å². The number of fused-ring (bicyclic) bond motifs is 1. The molecule has 0 aromatic rings. The molecule has 0 radical (unpaired) electrons. The molecule has 0 aromatic carbocycles. The molecule has 0 amide bonds. The van der Waals surface area contributed by atoms with Gasteiger partial charge in [0.1, 0.15) is 0 Å². The summed E-state index contributed by atoms with van der Waals surface area (Å²) in [6.45, 7) is 15.8. The van der Waals surface area contributed by atoms with Gasteiger partial charge in [0.15, 0.2) is 0 Å². The summed E-state index contributed by atoms with van der Waals surface area (Å²) in [6, 6.07) is 0.584. The number of hydrogen-bond acceptors (Lipinski definition) is 3. The lowest BCUT2D eigenvalue weighted by Crippen LogP contribution is -2.48. The van der Waals surface area contributed by atoms with E-state index in [1.54, 1.807) is 0 Å². The summed E-state index contributed by atoms with van der Waals surface area (Å²) in [7, 11) is 0. The highest BCUT2D eigenvalue weighted by molar-refractivity contribution is 5.04. The highest BCUT2D eigenvalue weighted by atomic mass is 16.5. The SMILES string of the molecule is CC(C)(C)OC[C@@H]1CCC2(COC(C)(C)C)CCCN12. The molecule has 2 atom stereocenters. The third-order valence-corrected chi connectivity index (χ3v) is 4.52. The second kappa shape index (κ2) is 5.58. The van der Waals surface area contributed by atoms with Crippen LogP contribution in [0, 0.1) is 0 Å². The molecule has 0 bridgehead atoms. The molecule has 2 rings (SSSR count). The summed E-state index contributed by atoms with van der Waals surface area (Å²) in [6.07, 6.45) is 5.11. The topological polar surface area (TPSA) is 21.7 Å². The van der Waals surface area contributed by atoms with Crippen molar-refractivity contribution in [3.8, 4) is 0 Å². The Kier molecular flexibility index (Phi) is 4.54. The molecule has 0 spiro atoms. The molecular weight excluding hydrogens is 250 g/mol. The van der Waals surface area contributed by atoms with Crippen LogP contribution in [0.15, 0.2) is 0 Å². The van der Waals surface area contributed by atoms with E-state index in [1.165, 1.54) is 32.2 Å². The zero-order valence-electron chi connectivity index (χ0n) is 14.3. The highest BCUT2D eigenvalue weighted by Crippen LogP contribution is 2.43. The first-order valence-electron chi connectivity index (χ1n) is 8.16. The molecule has 0 N–H and O–H groups in total. The molecule has 1 unspecified atom stereocenters. The monoisotopic (exact) mass is 283 g/mol. The van der Waals surface area contributed by atoms with E-state index in [9.17, 15) is 0 Å². The van der Waals surface area contributed by atoms with Gasteiger partial charge < -0.3 is 9.47 Å². The number of rotatable bonds is 4. The molecule has 0 saturated carbocycles. The molecule has 20 heavy (non-hydrogen) atoms. The van der Waals surface area contributed by atoms with Crippen molar-refractivity contribution in [1.29, 1.82) is 0 Å². The van der Waals surface area contributed by atoms with Crippen LogP contribution in [-0.2, 0) is 9.47 Å². The summed E-state index contributed by atoms with van der Waals surface area (Å²) in [5, 5.41) is 0. The quantitative estimate of drug-likeness (QED) is 0.786. The zero-order valence-corrected chi connectivity index (χ0v) is 14.3. The van der Waals surface area contributed by atoms with Crippen LogP contribution in [0.25, 0.3) is 0 Å². The third-order valence-electron chi connectivity index (χ3n) is 4.52. The van der Waals surface area contributed by atoms with E-state index in [2.05, 4.69) is 46.4 Å². The third kappa shape index (κ3) is 3.96. The number of hydrogen-bond donors (Lipinski definition) is 0. The van der Waals surface area contributed by atoms with E-state index in [0.717, 1.165) is 13.2 Å². The first-order valence-corrected chi connectivity index (χ1v) is 8.16. The van der Waals surface area contributed by atoms with Crippen molar-refractivity contribution >= 4 is 0 Å². The van der Waals surface area contributed by atoms with Gasteiger partial charge in [-0.3, -0.25) is 4.90 Å². The summed E-state index contributed by atoms with van der Waals surface area (Å²) >= 11 is 0. The first-order chi connectivity index (χ1) is 9.11. The van der Waals surface area contributed by atoms with Gasteiger partial charge in [-0.15, -0.1) is 0 Å². The van der Waals surface area contributed by atoms with Crippen LogP contribution < -0.4 is 0 Å². The average Bonchev–Trinajstić information content (AvgIpc) is 2.80. The Morgan fingerprint density at radius 2 is 1.65 bits per heavy atom. The van der Waals surface area contributed by atoms with Gasteiger partial charge >= 0.3 is 0 Å². The van der Waals surface area contributed by atoms with Crippen LogP contribution in [0.5, 0.6) is 0 Å². The van der Waals surface area contributed by atoms with Crippen LogP contribution in [0.3, 0.4) is 0 Å². The molecule has 118 valence electrons. The van der Waals surface area contributed by atoms with Gasteiger partial charge in [0.2, 0.25) is 0 Å². The molecule has 0 aliphatic carbocycles. The van der Waals surface area contributed by atoms with Crippen LogP contribution in [0.4, 0.5) is 0 Å². The lowest BCUT2D eigenvalue weighted by Gasteiger charge is -2.37. The molecule has 3 heteroatoms. The van der Waals surface area contributed by atoms with Crippen LogP contribution in [0.1, 0.15) is 67.2 Å². The minimum absolute atomic E-state index is 0.0348. The van der Waals surface area contributed by atoms with E-state index in [0.29, 0.717) is 11.6 Å². The number of ether oxygens (including phenoxy) is 2. The van der Waals surface area contributed by atoms with Crippen molar-refractivity contribution in [2.45, 2.75) is 90.0 Å². The minimum atomic E-state index is -0.0387. The fourth-order valence-corrected chi connectivity index (χ4v) is 3.49. The van der Waals surface area contributed by atoms with Gasteiger partial charge in [0.25, 0.3) is 0 Å². The van der Waals surface area contributed by atoms with E-state index in [1.807, 2.05) is 0 Å². The van der Waals surface area contributed by atoms with Gasteiger partial charge in [-0.2, -0.15) is 0 Å². The Bertz CT molecular complexity index is 329. The fourth-order valence-electron chi connectivity index (χ4n) is 3.49. The molecule has 0 aromatic heterocycles. The standard InChI is InChI=1S/C17H33NO2/c1-15(2,3)19-12-14-8-10-17(9-7-11-18(14)17)13-20-16(4,5)6/h14H,7-13H2,1-6H3/t14-,17?/m0/s1. The maximum absolute atomic E-state index is 6.13. The molecule has 2 fully saturated rings. The van der Waals surface area contributed by atoms with Crippen molar-refractivity contribution in [1.82, 2.24) is 4.90 Å². The second-order valence-electron chi connectivity index (χ2n) is 8.54. The van der Waals surface area contributed by atoms with Crippen LogP contribution >= 0.6 is 0 Å².